The largest absolute Gasteiger partial charge is 0.310 e. The van der Waals surface area contributed by atoms with Gasteiger partial charge >= 0.3 is 0 Å². The van der Waals surface area contributed by atoms with E-state index in [1.807, 2.05) is 11.6 Å². The number of benzene rings is 2. The molecule has 1 N–H and O–H groups in total. The summed E-state index contributed by atoms with van der Waals surface area (Å²) in [5.74, 6) is 0. The Morgan fingerprint density at radius 1 is 1.15 bits per heavy atom. The minimum absolute atomic E-state index is 0.317. The quantitative estimate of drug-likeness (QED) is 0.759. The molecule has 1 heterocycles. The molecule has 3 aromatic rings. The molecule has 0 amide bonds. The van der Waals surface area contributed by atoms with E-state index in [2.05, 4.69) is 59.7 Å². The lowest BCUT2D eigenvalue weighted by Gasteiger charge is -2.19. The van der Waals surface area contributed by atoms with E-state index in [1.165, 1.54) is 21.3 Å². The summed E-state index contributed by atoms with van der Waals surface area (Å²) < 4.78 is 0. The molecular formula is C17H18N2S. The van der Waals surface area contributed by atoms with Crippen molar-refractivity contribution in [1.82, 2.24) is 10.3 Å². The van der Waals surface area contributed by atoms with Gasteiger partial charge in [-0.15, -0.1) is 11.3 Å². The number of fused-ring (bicyclic) bond motifs is 1. The third-order valence-corrected chi connectivity index (χ3v) is 4.31. The van der Waals surface area contributed by atoms with Gasteiger partial charge in [0.25, 0.3) is 0 Å². The summed E-state index contributed by atoms with van der Waals surface area (Å²) in [5.41, 5.74) is 1.36. The second kappa shape index (κ2) is 6.16. The number of nitrogens with zero attached hydrogens (tertiary/aromatic N) is 1. The van der Waals surface area contributed by atoms with Crippen LogP contribution in [0.15, 0.2) is 54.0 Å². The Labute approximate surface area is 123 Å². The minimum Gasteiger partial charge on any atom is -0.310 e. The van der Waals surface area contributed by atoms with Gasteiger partial charge in [0.15, 0.2) is 0 Å². The maximum Gasteiger partial charge on any atom is 0.0943 e. The predicted octanol–water partition coefficient (Wildman–Crippen LogP) is 4.19. The van der Waals surface area contributed by atoms with E-state index in [9.17, 15) is 0 Å². The minimum atomic E-state index is 0.317. The fraction of sp³-hybridized carbons (Fsp3) is 0.235. The van der Waals surface area contributed by atoms with Crippen molar-refractivity contribution in [3.63, 3.8) is 0 Å². The standard InChI is InChI=1S/C17H18N2S/c1-2-18-16(12-17-19-10-11-20-17)15-9-5-7-13-6-3-4-8-14(13)15/h3-11,16,18H,2,12H2,1H3. The van der Waals surface area contributed by atoms with Crippen molar-refractivity contribution < 1.29 is 0 Å². The van der Waals surface area contributed by atoms with Gasteiger partial charge < -0.3 is 5.32 Å². The van der Waals surface area contributed by atoms with E-state index in [0.29, 0.717) is 6.04 Å². The van der Waals surface area contributed by atoms with Crippen LogP contribution in [-0.4, -0.2) is 11.5 Å². The van der Waals surface area contributed by atoms with Gasteiger partial charge in [-0.2, -0.15) is 0 Å². The molecule has 0 bridgehead atoms. The molecule has 0 spiro atoms. The van der Waals surface area contributed by atoms with Crippen LogP contribution in [0.5, 0.6) is 0 Å². The van der Waals surface area contributed by atoms with Crippen LogP contribution in [0.1, 0.15) is 23.5 Å². The Morgan fingerprint density at radius 2 is 2.00 bits per heavy atom. The number of hydrogen-bond acceptors (Lipinski definition) is 3. The average molecular weight is 282 g/mol. The van der Waals surface area contributed by atoms with Gasteiger partial charge in [0.05, 0.1) is 5.01 Å². The fourth-order valence-corrected chi connectivity index (χ4v) is 3.28. The topological polar surface area (TPSA) is 24.9 Å². The molecule has 102 valence electrons. The van der Waals surface area contributed by atoms with Crippen molar-refractivity contribution in [3.8, 4) is 0 Å². The normalized spacial score (nSPS) is 12.7. The van der Waals surface area contributed by atoms with Gasteiger partial charge in [-0.25, -0.2) is 4.98 Å². The number of thiazole rings is 1. The summed E-state index contributed by atoms with van der Waals surface area (Å²) in [5, 5.41) is 9.45. The van der Waals surface area contributed by atoms with Crippen molar-refractivity contribution in [2.24, 2.45) is 0 Å². The van der Waals surface area contributed by atoms with Crippen LogP contribution in [0, 0.1) is 0 Å². The molecule has 0 aliphatic rings. The van der Waals surface area contributed by atoms with Gasteiger partial charge in [0.2, 0.25) is 0 Å². The SMILES string of the molecule is CCNC(Cc1nccs1)c1cccc2ccccc12. The molecule has 0 aliphatic carbocycles. The zero-order chi connectivity index (χ0) is 13.8. The second-order valence-corrected chi connectivity index (χ2v) is 5.79. The van der Waals surface area contributed by atoms with Crippen LogP contribution >= 0.6 is 11.3 Å². The first-order chi connectivity index (χ1) is 9.88. The highest BCUT2D eigenvalue weighted by Crippen LogP contribution is 2.27. The number of likely N-dealkylation sites (N-methyl/N-ethyl adjacent to an activating group) is 1. The Balaban J connectivity index is 2.00. The van der Waals surface area contributed by atoms with Crippen molar-refractivity contribution in [2.45, 2.75) is 19.4 Å². The maximum atomic E-state index is 4.42. The first kappa shape index (κ1) is 13.3. The molecule has 2 nitrogen and oxygen atoms in total. The summed E-state index contributed by atoms with van der Waals surface area (Å²) in [6.45, 7) is 3.11. The number of rotatable bonds is 5. The Bertz CT molecular complexity index is 671. The average Bonchev–Trinajstić information content (AvgIpc) is 2.99. The summed E-state index contributed by atoms with van der Waals surface area (Å²) in [4.78, 5) is 4.42. The van der Waals surface area contributed by atoms with E-state index < -0.39 is 0 Å². The van der Waals surface area contributed by atoms with Crippen LogP contribution < -0.4 is 5.32 Å². The van der Waals surface area contributed by atoms with Crippen LogP contribution in [0.3, 0.4) is 0 Å². The molecule has 2 aromatic carbocycles. The number of hydrogen-bond donors (Lipinski definition) is 1. The first-order valence-corrected chi connectivity index (χ1v) is 7.86. The fourth-order valence-electron chi connectivity index (χ4n) is 2.62. The molecule has 0 aliphatic heterocycles. The molecular weight excluding hydrogens is 264 g/mol. The van der Waals surface area contributed by atoms with E-state index >= 15 is 0 Å². The Morgan fingerprint density at radius 3 is 2.80 bits per heavy atom. The highest BCUT2D eigenvalue weighted by molar-refractivity contribution is 7.09. The van der Waals surface area contributed by atoms with Crippen molar-refractivity contribution >= 4 is 22.1 Å². The summed E-state index contributed by atoms with van der Waals surface area (Å²) in [6, 6.07) is 15.4. The van der Waals surface area contributed by atoms with Gasteiger partial charge in [0, 0.05) is 24.0 Å². The molecule has 0 saturated carbocycles. The molecule has 1 atom stereocenters. The predicted molar refractivity (Wildman–Crippen MR) is 86.2 cm³/mol. The van der Waals surface area contributed by atoms with Crippen molar-refractivity contribution in [3.05, 3.63) is 64.6 Å². The molecule has 0 saturated heterocycles. The van der Waals surface area contributed by atoms with Gasteiger partial charge in [0.1, 0.15) is 0 Å². The molecule has 3 heteroatoms. The summed E-state index contributed by atoms with van der Waals surface area (Å²) in [7, 11) is 0. The van der Waals surface area contributed by atoms with E-state index in [-0.39, 0.29) is 0 Å². The maximum absolute atomic E-state index is 4.42. The van der Waals surface area contributed by atoms with Crippen LogP contribution in [0.2, 0.25) is 0 Å². The lowest BCUT2D eigenvalue weighted by molar-refractivity contribution is 0.552. The molecule has 1 aromatic heterocycles. The smallest absolute Gasteiger partial charge is 0.0943 e. The zero-order valence-corrected chi connectivity index (χ0v) is 12.4. The zero-order valence-electron chi connectivity index (χ0n) is 11.5. The third kappa shape index (κ3) is 2.74. The molecule has 3 rings (SSSR count). The lowest BCUT2D eigenvalue weighted by Crippen LogP contribution is -2.23. The highest BCUT2D eigenvalue weighted by Gasteiger charge is 2.15. The van der Waals surface area contributed by atoms with Gasteiger partial charge in [-0.05, 0) is 22.9 Å². The number of aromatic nitrogens is 1. The van der Waals surface area contributed by atoms with Crippen LogP contribution in [0.25, 0.3) is 10.8 Å². The molecule has 0 fully saturated rings. The van der Waals surface area contributed by atoms with Gasteiger partial charge in [-0.3, -0.25) is 0 Å². The molecule has 0 radical (unpaired) electrons. The molecule has 1 unspecified atom stereocenters. The lowest BCUT2D eigenvalue weighted by atomic mass is 9.97. The molecule has 20 heavy (non-hydrogen) atoms. The second-order valence-electron chi connectivity index (χ2n) is 4.81. The summed E-state index contributed by atoms with van der Waals surface area (Å²) in [6.07, 6.45) is 2.83. The van der Waals surface area contributed by atoms with Crippen molar-refractivity contribution in [2.75, 3.05) is 6.54 Å². The van der Waals surface area contributed by atoms with Crippen LogP contribution in [-0.2, 0) is 6.42 Å². The number of nitrogens with one attached hydrogen (secondary N) is 1. The van der Waals surface area contributed by atoms with E-state index in [4.69, 9.17) is 0 Å². The van der Waals surface area contributed by atoms with Gasteiger partial charge in [-0.1, -0.05) is 49.4 Å². The summed E-state index contributed by atoms with van der Waals surface area (Å²) >= 11 is 1.73. The highest BCUT2D eigenvalue weighted by atomic mass is 32.1. The first-order valence-electron chi connectivity index (χ1n) is 6.98. The monoisotopic (exact) mass is 282 g/mol. The third-order valence-electron chi connectivity index (χ3n) is 3.51. The van der Waals surface area contributed by atoms with E-state index in [0.717, 1.165) is 13.0 Å². The van der Waals surface area contributed by atoms with Crippen molar-refractivity contribution in [1.29, 1.82) is 0 Å². The van der Waals surface area contributed by atoms with E-state index in [1.54, 1.807) is 11.3 Å². The van der Waals surface area contributed by atoms with Crippen LogP contribution in [0.4, 0.5) is 0 Å². The Kier molecular flexibility index (Phi) is 4.09. The Hall–Kier alpha value is -1.71.